The summed E-state index contributed by atoms with van der Waals surface area (Å²) in [4.78, 5) is 4.39. The van der Waals surface area contributed by atoms with Gasteiger partial charge < -0.3 is 9.88 Å². The van der Waals surface area contributed by atoms with Crippen LogP contribution in [0, 0.1) is 6.92 Å². The van der Waals surface area contributed by atoms with Crippen LogP contribution in [0.2, 0.25) is 0 Å². The molecule has 1 aromatic heterocycles. The van der Waals surface area contributed by atoms with Gasteiger partial charge in [0.15, 0.2) is 0 Å². The van der Waals surface area contributed by atoms with Gasteiger partial charge in [-0.25, -0.2) is 4.98 Å². The van der Waals surface area contributed by atoms with Gasteiger partial charge in [-0.3, -0.25) is 0 Å². The molecule has 1 fully saturated rings. The van der Waals surface area contributed by atoms with Gasteiger partial charge in [0.25, 0.3) is 0 Å². The summed E-state index contributed by atoms with van der Waals surface area (Å²) < 4.78 is 2.19. The van der Waals surface area contributed by atoms with Gasteiger partial charge >= 0.3 is 0 Å². The van der Waals surface area contributed by atoms with Gasteiger partial charge in [-0.05, 0) is 37.0 Å². The summed E-state index contributed by atoms with van der Waals surface area (Å²) in [5, 5.41) is 3.56. The van der Waals surface area contributed by atoms with Gasteiger partial charge in [-0.15, -0.1) is 0 Å². The molecule has 3 rings (SSSR count). The van der Waals surface area contributed by atoms with Gasteiger partial charge in [-0.1, -0.05) is 19.1 Å². The third-order valence-corrected chi connectivity index (χ3v) is 3.73. The first-order valence-corrected chi connectivity index (χ1v) is 7.13. The summed E-state index contributed by atoms with van der Waals surface area (Å²) in [7, 11) is 0. The second-order valence-electron chi connectivity index (χ2n) is 5.34. The summed E-state index contributed by atoms with van der Waals surface area (Å²) in [6.45, 7) is 5.30. The van der Waals surface area contributed by atoms with Crippen LogP contribution in [-0.4, -0.2) is 15.6 Å². The minimum absolute atomic E-state index is 0.764. The van der Waals surface area contributed by atoms with E-state index < -0.39 is 0 Å². The Morgan fingerprint density at radius 1 is 1.37 bits per heavy atom. The lowest BCUT2D eigenvalue weighted by Gasteiger charge is -2.12. The van der Waals surface area contributed by atoms with E-state index in [1.807, 2.05) is 12.4 Å². The van der Waals surface area contributed by atoms with Crippen LogP contribution in [0.5, 0.6) is 0 Å². The van der Waals surface area contributed by atoms with Crippen LogP contribution in [0.25, 0.3) is 5.69 Å². The Kier molecular flexibility index (Phi) is 3.38. The fourth-order valence-corrected chi connectivity index (χ4v) is 2.46. The number of imidazole rings is 1. The Morgan fingerprint density at radius 3 is 2.89 bits per heavy atom. The van der Waals surface area contributed by atoms with Crippen molar-refractivity contribution in [1.82, 2.24) is 14.9 Å². The van der Waals surface area contributed by atoms with Crippen molar-refractivity contribution in [3.05, 3.63) is 47.5 Å². The first-order valence-electron chi connectivity index (χ1n) is 7.13. The largest absolute Gasteiger partial charge is 0.310 e. The lowest BCUT2D eigenvalue weighted by Crippen LogP contribution is -2.15. The smallest absolute Gasteiger partial charge is 0.112 e. The highest BCUT2D eigenvalue weighted by Crippen LogP contribution is 2.21. The Hall–Kier alpha value is -1.61. The third-order valence-electron chi connectivity index (χ3n) is 3.73. The summed E-state index contributed by atoms with van der Waals surface area (Å²) >= 11 is 0. The number of aromatic nitrogens is 2. The van der Waals surface area contributed by atoms with E-state index in [1.54, 1.807) is 0 Å². The molecule has 0 spiro atoms. The minimum Gasteiger partial charge on any atom is -0.310 e. The van der Waals surface area contributed by atoms with E-state index in [1.165, 1.54) is 29.7 Å². The normalized spacial score (nSPS) is 14.8. The van der Waals surface area contributed by atoms with Gasteiger partial charge in [0.1, 0.15) is 5.82 Å². The van der Waals surface area contributed by atoms with Crippen molar-refractivity contribution in [3.63, 3.8) is 0 Å². The number of benzene rings is 1. The Morgan fingerprint density at radius 2 is 2.21 bits per heavy atom. The monoisotopic (exact) mass is 255 g/mol. The van der Waals surface area contributed by atoms with E-state index in [4.69, 9.17) is 0 Å². The van der Waals surface area contributed by atoms with E-state index in [-0.39, 0.29) is 0 Å². The van der Waals surface area contributed by atoms with E-state index >= 15 is 0 Å². The third kappa shape index (κ3) is 2.71. The number of hydrogen-bond donors (Lipinski definition) is 1. The number of nitrogens with zero attached hydrogens (tertiary/aromatic N) is 2. The standard InChI is InChI=1S/C16H21N3/c1-3-16-17-8-9-19(16)15-7-4-13(10-12(15)2)11-18-14-5-6-14/h4,7-10,14,18H,3,5-6,11H2,1-2H3. The van der Waals surface area contributed by atoms with Gasteiger partial charge in [-0.2, -0.15) is 0 Å². The fourth-order valence-electron chi connectivity index (χ4n) is 2.46. The van der Waals surface area contributed by atoms with Gasteiger partial charge in [0.2, 0.25) is 0 Å². The summed E-state index contributed by atoms with van der Waals surface area (Å²) in [6, 6.07) is 7.47. The zero-order valence-electron chi connectivity index (χ0n) is 11.7. The van der Waals surface area contributed by atoms with Crippen molar-refractivity contribution in [2.45, 2.75) is 45.7 Å². The fraction of sp³-hybridized carbons (Fsp3) is 0.438. The highest BCUT2D eigenvalue weighted by Gasteiger charge is 2.19. The zero-order chi connectivity index (χ0) is 13.2. The molecule has 0 amide bonds. The van der Waals surface area contributed by atoms with Gasteiger partial charge in [0.05, 0.1) is 0 Å². The minimum atomic E-state index is 0.764. The Labute approximate surface area is 114 Å². The highest BCUT2D eigenvalue weighted by atomic mass is 15.1. The van der Waals surface area contributed by atoms with Crippen LogP contribution in [0.1, 0.15) is 36.7 Å². The highest BCUT2D eigenvalue weighted by molar-refractivity contribution is 5.43. The summed E-state index contributed by atoms with van der Waals surface area (Å²) in [5.74, 6) is 1.12. The Balaban J connectivity index is 1.82. The molecule has 2 aromatic rings. The molecule has 1 heterocycles. The molecule has 19 heavy (non-hydrogen) atoms. The van der Waals surface area contributed by atoms with Crippen LogP contribution in [-0.2, 0) is 13.0 Å². The van der Waals surface area contributed by atoms with Gasteiger partial charge in [0, 0.05) is 37.1 Å². The van der Waals surface area contributed by atoms with Crippen LogP contribution >= 0.6 is 0 Å². The van der Waals surface area contributed by atoms with Crippen molar-refractivity contribution in [2.75, 3.05) is 0 Å². The number of aryl methyl sites for hydroxylation is 2. The molecule has 0 bridgehead atoms. The molecular weight excluding hydrogens is 234 g/mol. The van der Waals surface area contributed by atoms with E-state index in [0.717, 1.165) is 24.8 Å². The quantitative estimate of drug-likeness (QED) is 0.890. The molecule has 3 heteroatoms. The van der Waals surface area contributed by atoms with E-state index in [9.17, 15) is 0 Å². The molecule has 1 saturated carbocycles. The number of rotatable bonds is 5. The number of hydrogen-bond acceptors (Lipinski definition) is 2. The molecule has 1 aliphatic carbocycles. The SMILES string of the molecule is CCc1nccn1-c1ccc(CNC2CC2)cc1C. The molecule has 0 saturated heterocycles. The maximum absolute atomic E-state index is 4.39. The second kappa shape index (κ2) is 5.17. The van der Waals surface area contributed by atoms with Crippen molar-refractivity contribution in [3.8, 4) is 5.69 Å². The predicted octanol–water partition coefficient (Wildman–Crippen LogP) is 3.00. The topological polar surface area (TPSA) is 29.9 Å². The average Bonchev–Trinajstić information content (AvgIpc) is 3.13. The molecule has 100 valence electrons. The van der Waals surface area contributed by atoms with Crippen molar-refractivity contribution in [2.24, 2.45) is 0 Å². The molecule has 0 atom stereocenters. The maximum Gasteiger partial charge on any atom is 0.112 e. The molecule has 3 nitrogen and oxygen atoms in total. The molecule has 0 unspecified atom stereocenters. The maximum atomic E-state index is 4.39. The van der Waals surface area contributed by atoms with Crippen molar-refractivity contribution < 1.29 is 0 Å². The molecular formula is C16H21N3. The van der Waals surface area contributed by atoms with Crippen molar-refractivity contribution >= 4 is 0 Å². The first-order chi connectivity index (χ1) is 9.28. The van der Waals surface area contributed by atoms with E-state index in [2.05, 4.69) is 46.9 Å². The molecule has 1 aliphatic rings. The lowest BCUT2D eigenvalue weighted by atomic mass is 10.1. The van der Waals surface area contributed by atoms with Crippen LogP contribution < -0.4 is 5.32 Å². The summed E-state index contributed by atoms with van der Waals surface area (Å²) in [5.41, 5.74) is 3.92. The predicted molar refractivity (Wildman–Crippen MR) is 77.5 cm³/mol. The summed E-state index contributed by atoms with van der Waals surface area (Å²) in [6.07, 6.45) is 7.56. The Bertz CT molecular complexity index is 567. The zero-order valence-corrected chi connectivity index (χ0v) is 11.7. The van der Waals surface area contributed by atoms with E-state index in [0.29, 0.717) is 0 Å². The molecule has 0 radical (unpaired) electrons. The molecule has 0 aliphatic heterocycles. The molecule has 1 N–H and O–H groups in total. The number of nitrogens with one attached hydrogen (secondary N) is 1. The van der Waals surface area contributed by atoms with Crippen molar-refractivity contribution in [1.29, 1.82) is 0 Å². The second-order valence-corrected chi connectivity index (χ2v) is 5.34. The molecule has 1 aromatic carbocycles. The average molecular weight is 255 g/mol. The van der Waals surface area contributed by atoms with Crippen LogP contribution in [0.4, 0.5) is 0 Å². The lowest BCUT2D eigenvalue weighted by molar-refractivity contribution is 0.687. The van der Waals surface area contributed by atoms with Crippen LogP contribution in [0.3, 0.4) is 0 Å². The first kappa shape index (κ1) is 12.4. The van der Waals surface area contributed by atoms with Crippen LogP contribution in [0.15, 0.2) is 30.6 Å².